The Hall–Kier alpha value is -2.93. The van der Waals surface area contributed by atoms with Gasteiger partial charge in [-0.1, -0.05) is 17.7 Å². The van der Waals surface area contributed by atoms with Gasteiger partial charge in [-0.25, -0.2) is 4.68 Å². The third-order valence-corrected chi connectivity index (χ3v) is 5.19. The molecule has 0 bridgehead atoms. The number of benzene rings is 1. The van der Waals surface area contributed by atoms with Crippen molar-refractivity contribution < 1.29 is 4.79 Å². The van der Waals surface area contributed by atoms with Gasteiger partial charge in [0, 0.05) is 44.0 Å². The Balaban J connectivity index is 1.55. The molecular formula is C20H24N6O. The highest BCUT2D eigenvalue weighted by Crippen LogP contribution is 2.27. The normalized spacial score (nSPS) is 19.6. The number of aromatic nitrogens is 4. The molecule has 1 fully saturated rings. The monoisotopic (exact) mass is 364 g/mol. The van der Waals surface area contributed by atoms with Crippen LogP contribution in [0.3, 0.4) is 0 Å². The second kappa shape index (κ2) is 6.66. The molecule has 3 heterocycles. The second-order valence-electron chi connectivity index (χ2n) is 7.35. The summed E-state index contributed by atoms with van der Waals surface area (Å²) in [5.74, 6) is 0.0220. The average molecular weight is 364 g/mol. The van der Waals surface area contributed by atoms with E-state index in [-0.39, 0.29) is 17.9 Å². The van der Waals surface area contributed by atoms with Gasteiger partial charge < -0.3 is 10.6 Å². The predicted octanol–water partition coefficient (Wildman–Crippen LogP) is 1.79. The van der Waals surface area contributed by atoms with Crippen molar-refractivity contribution in [2.75, 3.05) is 13.1 Å². The minimum absolute atomic E-state index is 0.0780. The van der Waals surface area contributed by atoms with Gasteiger partial charge in [0.15, 0.2) is 5.69 Å². The van der Waals surface area contributed by atoms with E-state index in [0.29, 0.717) is 18.8 Å². The summed E-state index contributed by atoms with van der Waals surface area (Å²) in [6.07, 6.45) is 3.80. The number of amides is 1. The average Bonchev–Trinajstić information content (AvgIpc) is 3.34. The SMILES string of the molecule is Cc1ccc(-n2nc(C(=O)N3C[C@@H](N)[C@H](c4cnn(C)c4)C3)cc2C)cc1. The fraction of sp³-hybridized carbons (Fsp3) is 0.350. The maximum atomic E-state index is 13.0. The Kier molecular flexibility index (Phi) is 4.31. The zero-order valence-electron chi connectivity index (χ0n) is 15.8. The number of hydrogen-bond donors (Lipinski definition) is 1. The second-order valence-corrected chi connectivity index (χ2v) is 7.35. The van der Waals surface area contributed by atoms with Crippen molar-refractivity contribution >= 4 is 5.91 Å². The van der Waals surface area contributed by atoms with Crippen LogP contribution in [0.1, 0.15) is 33.2 Å². The first-order valence-corrected chi connectivity index (χ1v) is 9.09. The number of carbonyl (C=O) groups is 1. The molecule has 27 heavy (non-hydrogen) atoms. The summed E-state index contributed by atoms with van der Waals surface area (Å²) in [4.78, 5) is 14.8. The van der Waals surface area contributed by atoms with Crippen LogP contribution in [0.5, 0.6) is 0 Å². The number of nitrogens with two attached hydrogens (primary N) is 1. The number of nitrogens with zero attached hydrogens (tertiary/aromatic N) is 5. The number of carbonyl (C=O) groups excluding carboxylic acids is 1. The summed E-state index contributed by atoms with van der Waals surface area (Å²) >= 11 is 0. The van der Waals surface area contributed by atoms with E-state index in [4.69, 9.17) is 5.73 Å². The molecule has 1 aliphatic rings. The van der Waals surface area contributed by atoms with Crippen LogP contribution in [0, 0.1) is 13.8 Å². The van der Waals surface area contributed by atoms with E-state index in [0.717, 1.165) is 16.9 Å². The van der Waals surface area contributed by atoms with Gasteiger partial charge in [0.05, 0.1) is 11.9 Å². The van der Waals surface area contributed by atoms with Crippen molar-refractivity contribution in [3.63, 3.8) is 0 Å². The van der Waals surface area contributed by atoms with Crippen LogP contribution in [0.15, 0.2) is 42.7 Å². The van der Waals surface area contributed by atoms with E-state index >= 15 is 0 Å². The van der Waals surface area contributed by atoms with E-state index in [1.165, 1.54) is 5.56 Å². The zero-order chi connectivity index (χ0) is 19.1. The molecule has 0 unspecified atom stereocenters. The zero-order valence-corrected chi connectivity index (χ0v) is 15.8. The maximum absolute atomic E-state index is 13.0. The fourth-order valence-corrected chi connectivity index (χ4v) is 3.67. The summed E-state index contributed by atoms with van der Waals surface area (Å²) in [6.45, 7) is 5.11. The molecular weight excluding hydrogens is 340 g/mol. The Morgan fingerprint density at radius 3 is 2.59 bits per heavy atom. The summed E-state index contributed by atoms with van der Waals surface area (Å²) in [7, 11) is 1.88. The van der Waals surface area contributed by atoms with Crippen molar-refractivity contribution in [2.24, 2.45) is 12.8 Å². The molecule has 1 aliphatic heterocycles. The van der Waals surface area contributed by atoms with E-state index in [2.05, 4.69) is 10.2 Å². The van der Waals surface area contributed by atoms with Crippen molar-refractivity contribution in [1.82, 2.24) is 24.5 Å². The summed E-state index contributed by atoms with van der Waals surface area (Å²) in [5.41, 5.74) is 10.9. The molecule has 2 atom stereocenters. The van der Waals surface area contributed by atoms with E-state index in [1.54, 1.807) is 14.3 Å². The lowest BCUT2D eigenvalue weighted by atomic mass is 9.98. The van der Waals surface area contributed by atoms with Gasteiger partial charge in [-0.05, 0) is 37.6 Å². The molecule has 140 valence electrons. The molecule has 1 aromatic carbocycles. The molecule has 3 aromatic rings. The molecule has 7 nitrogen and oxygen atoms in total. The van der Waals surface area contributed by atoms with E-state index in [9.17, 15) is 4.79 Å². The van der Waals surface area contributed by atoms with Crippen LogP contribution >= 0.6 is 0 Å². The van der Waals surface area contributed by atoms with Gasteiger partial charge in [0.1, 0.15) is 0 Å². The van der Waals surface area contributed by atoms with Crippen LogP contribution in [-0.2, 0) is 7.05 Å². The number of likely N-dealkylation sites (tertiary alicyclic amines) is 1. The quantitative estimate of drug-likeness (QED) is 0.768. The van der Waals surface area contributed by atoms with Crippen LogP contribution < -0.4 is 5.73 Å². The number of hydrogen-bond acceptors (Lipinski definition) is 4. The molecule has 1 saturated heterocycles. The lowest BCUT2D eigenvalue weighted by Gasteiger charge is -2.14. The molecule has 7 heteroatoms. The Morgan fingerprint density at radius 1 is 1.19 bits per heavy atom. The number of aryl methyl sites for hydroxylation is 3. The van der Waals surface area contributed by atoms with Gasteiger partial charge in [-0.15, -0.1) is 0 Å². The van der Waals surface area contributed by atoms with Crippen LogP contribution in [-0.4, -0.2) is 49.5 Å². The third kappa shape index (κ3) is 3.26. The first-order valence-electron chi connectivity index (χ1n) is 9.09. The van der Waals surface area contributed by atoms with Gasteiger partial charge in [-0.3, -0.25) is 9.48 Å². The topological polar surface area (TPSA) is 82.0 Å². The predicted molar refractivity (Wildman–Crippen MR) is 103 cm³/mol. The molecule has 1 amide bonds. The van der Waals surface area contributed by atoms with Crippen molar-refractivity contribution in [1.29, 1.82) is 0 Å². The van der Waals surface area contributed by atoms with Crippen LogP contribution in [0.2, 0.25) is 0 Å². The minimum atomic E-state index is -0.0987. The van der Waals surface area contributed by atoms with Gasteiger partial charge in [-0.2, -0.15) is 10.2 Å². The molecule has 0 aliphatic carbocycles. The summed E-state index contributed by atoms with van der Waals surface area (Å²) < 4.78 is 3.57. The molecule has 2 aromatic heterocycles. The van der Waals surface area contributed by atoms with Crippen molar-refractivity contribution in [3.05, 3.63) is 65.2 Å². The lowest BCUT2D eigenvalue weighted by molar-refractivity contribution is 0.0783. The summed E-state index contributed by atoms with van der Waals surface area (Å²) in [5, 5.41) is 8.77. The van der Waals surface area contributed by atoms with Crippen molar-refractivity contribution in [2.45, 2.75) is 25.8 Å². The lowest BCUT2D eigenvalue weighted by Crippen LogP contribution is -2.32. The number of rotatable bonds is 3. The summed E-state index contributed by atoms with van der Waals surface area (Å²) in [6, 6.07) is 9.83. The largest absolute Gasteiger partial charge is 0.335 e. The van der Waals surface area contributed by atoms with Crippen LogP contribution in [0.4, 0.5) is 0 Å². The molecule has 0 radical (unpaired) electrons. The fourth-order valence-electron chi connectivity index (χ4n) is 3.67. The van der Waals surface area contributed by atoms with E-state index < -0.39 is 0 Å². The minimum Gasteiger partial charge on any atom is -0.335 e. The third-order valence-electron chi connectivity index (χ3n) is 5.19. The van der Waals surface area contributed by atoms with E-state index in [1.807, 2.05) is 63.6 Å². The Bertz CT molecular complexity index is 971. The Labute approximate surface area is 158 Å². The molecule has 0 spiro atoms. The first-order chi connectivity index (χ1) is 12.9. The standard InChI is InChI=1S/C20H24N6O/c1-13-4-6-16(7-5-13)26-14(2)8-19(23-26)20(27)25-11-17(18(21)12-25)15-9-22-24(3)10-15/h4-10,17-18H,11-12,21H2,1-3H3/t17-,18+/m0/s1. The highest BCUT2D eigenvalue weighted by atomic mass is 16.2. The smallest absolute Gasteiger partial charge is 0.274 e. The first kappa shape index (κ1) is 17.5. The van der Waals surface area contributed by atoms with Gasteiger partial charge in [0.25, 0.3) is 5.91 Å². The van der Waals surface area contributed by atoms with Crippen LogP contribution in [0.25, 0.3) is 5.69 Å². The molecule has 0 saturated carbocycles. The molecule has 4 rings (SSSR count). The Morgan fingerprint density at radius 2 is 1.93 bits per heavy atom. The van der Waals surface area contributed by atoms with Gasteiger partial charge >= 0.3 is 0 Å². The van der Waals surface area contributed by atoms with Crippen molar-refractivity contribution in [3.8, 4) is 5.69 Å². The maximum Gasteiger partial charge on any atom is 0.274 e. The van der Waals surface area contributed by atoms with Gasteiger partial charge in [0.2, 0.25) is 0 Å². The highest BCUT2D eigenvalue weighted by Gasteiger charge is 2.35. The molecule has 2 N–H and O–H groups in total. The highest BCUT2D eigenvalue weighted by molar-refractivity contribution is 5.92.